The zero-order valence-electron chi connectivity index (χ0n) is 12.5. The van der Waals surface area contributed by atoms with E-state index in [1.165, 1.54) is 5.56 Å². The number of nitrogens with zero attached hydrogens (tertiary/aromatic N) is 1. The first-order chi connectivity index (χ1) is 9.56. The normalized spacial score (nSPS) is 23.8. The van der Waals surface area contributed by atoms with E-state index in [4.69, 9.17) is 4.74 Å². The van der Waals surface area contributed by atoms with Gasteiger partial charge >= 0.3 is 0 Å². The van der Waals surface area contributed by atoms with E-state index < -0.39 is 0 Å². The molecule has 1 N–H and O–H groups in total. The maximum absolute atomic E-state index is 12.0. The smallest absolute Gasteiger partial charge is 0.234 e. The summed E-state index contributed by atoms with van der Waals surface area (Å²) in [6.45, 7) is 7.86. The molecule has 0 saturated carbocycles. The second-order valence-electron chi connectivity index (χ2n) is 5.72. The number of nitrogens with one attached hydrogen (secondary N) is 1. The Bertz CT molecular complexity index is 433. The molecule has 4 heteroatoms. The molecule has 1 amide bonds. The molecule has 1 aromatic carbocycles. The quantitative estimate of drug-likeness (QED) is 0.914. The molecule has 1 aliphatic heterocycles. The van der Waals surface area contributed by atoms with E-state index in [1.807, 2.05) is 32.0 Å². The molecule has 1 aromatic rings. The summed E-state index contributed by atoms with van der Waals surface area (Å²) < 4.78 is 5.76. The van der Waals surface area contributed by atoms with Gasteiger partial charge in [0.1, 0.15) is 0 Å². The summed E-state index contributed by atoms with van der Waals surface area (Å²) in [4.78, 5) is 14.2. The highest BCUT2D eigenvalue weighted by molar-refractivity contribution is 5.78. The second-order valence-corrected chi connectivity index (χ2v) is 5.72. The van der Waals surface area contributed by atoms with Crippen LogP contribution < -0.4 is 5.32 Å². The molecule has 1 fully saturated rings. The van der Waals surface area contributed by atoms with Gasteiger partial charge in [-0.3, -0.25) is 9.69 Å². The first-order valence-electron chi connectivity index (χ1n) is 7.26. The maximum atomic E-state index is 12.0. The van der Waals surface area contributed by atoms with Crippen molar-refractivity contribution in [2.45, 2.75) is 39.0 Å². The minimum Gasteiger partial charge on any atom is -0.375 e. The number of morpholine rings is 1. The summed E-state index contributed by atoms with van der Waals surface area (Å²) in [5.74, 6) is 0.0787. The van der Waals surface area contributed by atoms with E-state index in [1.54, 1.807) is 0 Å². The average Bonchev–Trinajstić information content (AvgIpc) is 2.39. The summed E-state index contributed by atoms with van der Waals surface area (Å²) in [7, 11) is 0. The molecule has 1 saturated heterocycles. The third-order valence-corrected chi connectivity index (χ3v) is 3.45. The molecule has 0 spiro atoms. The van der Waals surface area contributed by atoms with Gasteiger partial charge in [-0.2, -0.15) is 0 Å². The fourth-order valence-corrected chi connectivity index (χ4v) is 2.58. The standard InChI is InChI=1S/C16H24N2O2/c1-12(2)17-16(19)10-18-9-13(3)20-11-15(18)14-7-5-4-6-8-14/h4-8,12-13,15H,9-11H2,1-3H3,(H,17,19)/t13-,15+/m0/s1. The van der Waals surface area contributed by atoms with Crippen molar-refractivity contribution in [1.29, 1.82) is 0 Å². The largest absolute Gasteiger partial charge is 0.375 e. The SMILES string of the molecule is CC(C)NC(=O)CN1C[C@H](C)OC[C@@H]1c1ccccc1. The molecule has 0 bridgehead atoms. The predicted molar refractivity (Wildman–Crippen MR) is 79.4 cm³/mol. The molecule has 4 nitrogen and oxygen atoms in total. The number of carbonyl (C=O) groups excluding carboxylic acids is 1. The van der Waals surface area contributed by atoms with Gasteiger partial charge in [-0.1, -0.05) is 30.3 Å². The predicted octanol–water partition coefficient (Wildman–Crippen LogP) is 1.97. The van der Waals surface area contributed by atoms with Crippen LogP contribution in [0.25, 0.3) is 0 Å². The molecule has 20 heavy (non-hydrogen) atoms. The Labute approximate surface area is 121 Å². The first kappa shape index (κ1) is 15.0. The molecule has 2 rings (SSSR count). The van der Waals surface area contributed by atoms with Crippen molar-refractivity contribution in [2.24, 2.45) is 0 Å². The lowest BCUT2D eigenvalue weighted by Crippen LogP contribution is -2.48. The monoisotopic (exact) mass is 276 g/mol. The van der Waals surface area contributed by atoms with Crippen molar-refractivity contribution in [3.8, 4) is 0 Å². The highest BCUT2D eigenvalue weighted by atomic mass is 16.5. The van der Waals surface area contributed by atoms with Gasteiger partial charge in [0.15, 0.2) is 0 Å². The van der Waals surface area contributed by atoms with Gasteiger partial charge in [0, 0.05) is 12.6 Å². The van der Waals surface area contributed by atoms with E-state index in [9.17, 15) is 4.79 Å². The zero-order valence-corrected chi connectivity index (χ0v) is 12.5. The molecular formula is C16H24N2O2. The van der Waals surface area contributed by atoms with E-state index in [0.29, 0.717) is 13.2 Å². The number of hydrogen-bond acceptors (Lipinski definition) is 3. The van der Waals surface area contributed by atoms with Gasteiger partial charge in [-0.15, -0.1) is 0 Å². The highest BCUT2D eigenvalue weighted by Crippen LogP contribution is 2.25. The van der Waals surface area contributed by atoms with Crippen LogP contribution in [0.1, 0.15) is 32.4 Å². The molecule has 110 valence electrons. The second kappa shape index (κ2) is 6.86. The molecular weight excluding hydrogens is 252 g/mol. The third kappa shape index (κ3) is 4.05. The van der Waals surface area contributed by atoms with Crippen LogP contribution in [0.15, 0.2) is 30.3 Å². The van der Waals surface area contributed by atoms with Gasteiger partial charge in [-0.05, 0) is 26.3 Å². The van der Waals surface area contributed by atoms with Crippen LogP contribution in [0.4, 0.5) is 0 Å². The Hall–Kier alpha value is -1.39. The van der Waals surface area contributed by atoms with Crippen molar-refractivity contribution >= 4 is 5.91 Å². The maximum Gasteiger partial charge on any atom is 0.234 e. The Morgan fingerprint density at radius 2 is 2.10 bits per heavy atom. The van der Waals surface area contributed by atoms with E-state index >= 15 is 0 Å². The van der Waals surface area contributed by atoms with Gasteiger partial charge in [0.2, 0.25) is 5.91 Å². The zero-order chi connectivity index (χ0) is 14.5. The molecule has 1 aliphatic rings. The van der Waals surface area contributed by atoms with Crippen LogP contribution in [0.3, 0.4) is 0 Å². The molecule has 0 unspecified atom stereocenters. The van der Waals surface area contributed by atoms with Gasteiger partial charge in [0.25, 0.3) is 0 Å². The van der Waals surface area contributed by atoms with Gasteiger partial charge < -0.3 is 10.1 Å². The number of hydrogen-bond donors (Lipinski definition) is 1. The highest BCUT2D eigenvalue weighted by Gasteiger charge is 2.29. The Kier molecular flexibility index (Phi) is 5.15. The van der Waals surface area contributed by atoms with Crippen molar-refractivity contribution in [1.82, 2.24) is 10.2 Å². The number of benzene rings is 1. The summed E-state index contributed by atoms with van der Waals surface area (Å²) in [5.41, 5.74) is 1.21. The Morgan fingerprint density at radius 1 is 1.40 bits per heavy atom. The molecule has 0 aliphatic carbocycles. The van der Waals surface area contributed by atoms with Crippen LogP contribution in [-0.2, 0) is 9.53 Å². The first-order valence-corrected chi connectivity index (χ1v) is 7.26. The third-order valence-electron chi connectivity index (χ3n) is 3.45. The number of amides is 1. The van der Waals surface area contributed by atoms with Crippen molar-refractivity contribution in [3.05, 3.63) is 35.9 Å². The summed E-state index contributed by atoms with van der Waals surface area (Å²) in [5, 5.41) is 2.96. The fourth-order valence-electron chi connectivity index (χ4n) is 2.58. The summed E-state index contributed by atoms with van der Waals surface area (Å²) in [6.07, 6.45) is 0.168. The topological polar surface area (TPSA) is 41.6 Å². The van der Waals surface area contributed by atoms with E-state index in [0.717, 1.165) is 6.54 Å². The van der Waals surface area contributed by atoms with E-state index in [-0.39, 0.29) is 24.1 Å². The van der Waals surface area contributed by atoms with Crippen molar-refractivity contribution in [3.63, 3.8) is 0 Å². The van der Waals surface area contributed by atoms with E-state index in [2.05, 4.69) is 29.3 Å². The summed E-state index contributed by atoms with van der Waals surface area (Å²) in [6, 6.07) is 10.6. The molecule has 2 atom stereocenters. The Morgan fingerprint density at radius 3 is 2.75 bits per heavy atom. The number of rotatable bonds is 4. The van der Waals surface area contributed by atoms with Crippen LogP contribution >= 0.6 is 0 Å². The van der Waals surface area contributed by atoms with Crippen LogP contribution in [-0.4, -0.2) is 42.6 Å². The molecule has 0 radical (unpaired) electrons. The van der Waals surface area contributed by atoms with Crippen LogP contribution in [0.2, 0.25) is 0 Å². The van der Waals surface area contributed by atoms with Gasteiger partial charge in [-0.25, -0.2) is 0 Å². The van der Waals surface area contributed by atoms with Crippen molar-refractivity contribution < 1.29 is 9.53 Å². The summed E-state index contributed by atoms with van der Waals surface area (Å²) >= 11 is 0. The lowest BCUT2D eigenvalue weighted by Gasteiger charge is -2.38. The van der Waals surface area contributed by atoms with Crippen LogP contribution in [0.5, 0.6) is 0 Å². The lowest BCUT2D eigenvalue weighted by molar-refractivity contribution is -0.126. The fraction of sp³-hybridized carbons (Fsp3) is 0.562. The van der Waals surface area contributed by atoms with Gasteiger partial charge in [0.05, 0.1) is 25.3 Å². The number of carbonyl (C=O) groups is 1. The minimum absolute atomic E-state index is 0.0787. The van der Waals surface area contributed by atoms with Crippen molar-refractivity contribution in [2.75, 3.05) is 19.7 Å². The molecule has 1 heterocycles. The average molecular weight is 276 g/mol. The minimum atomic E-state index is 0.0787. The lowest BCUT2D eigenvalue weighted by atomic mass is 10.0. The number of ether oxygens (including phenoxy) is 1. The van der Waals surface area contributed by atoms with Crippen LogP contribution in [0, 0.1) is 0 Å². The molecule has 0 aromatic heterocycles. The Balaban J connectivity index is 2.07.